The van der Waals surface area contributed by atoms with E-state index in [1.54, 1.807) is 0 Å². The summed E-state index contributed by atoms with van der Waals surface area (Å²) in [5.74, 6) is 0.506. The number of nitrogens with zero attached hydrogens (tertiary/aromatic N) is 2. The Kier molecular flexibility index (Phi) is 7.17. The second kappa shape index (κ2) is 8.13. The molecule has 6 heteroatoms. The second-order valence-electron chi connectivity index (χ2n) is 5.36. The highest BCUT2D eigenvalue weighted by atomic mass is 35.5. The van der Waals surface area contributed by atoms with E-state index in [0.717, 1.165) is 44.1 Å². The average Bonchev–Trinajstić information content (AvgIpc) is 3.22. The Labute approximate surface area is 132 Å². The van der Waals surface area contributed by atoms with Gasteiger partial charge >= 0.3 is 0 Å². The Hall–Kier alpha value is -0.420. The van der Waals surface area contributed by atoms with Gasteiger partial charge in [0.25, 0.3) is 0 Å². The number of halogens is 3. The van der Waals surface area contributed by atoms with E-state index in [1.807, 2.05) is 12.1 Å². The van der Waals surface area contributed by atoms with Crippen molar-refractivity contribution in [1.29, 1.82) is 0 Å². The van der Waals surface area contributed by atoms with E-state index in [2.05, 4.69) is 15.2 Å². The number of hydrogen-bond donors (Lipinski definition) is 1. The van der Waals surface area contributed by atoms with Gasteiger partial charge in [0.15, 0.2) is 0 Å². The minimum atomic E-state index is -0.290. The standard InChI is InChI=1S/C14H20FN3.2ClH/c15-14-12(2-1-5-17-14)13(10-11-3-4-11)18-8-6-16-7-9-18;;/h1-2,5,11,13,16H,3-4,6-10H2;2*1H/t13-;;/m0../s1. The fourth-order valence-corrected chi connectivity index (χ4v) is 2.78. The van der Waals surface area contributed by atoms with Crippen LogP contribution >= 0.6 is 24.8 Å². The van der Waals surface area contributed by atoms with Crippen molar-refractivity contribution in [2.24, 2.45) is 5.92 Å². The summed E-state index contributed by atoms with van der Waals surface area (Å²) in [4.78, 5) is 6.23. The number of nitrogens with one attached hydrogen (secondary N) is 1. The van der Waals surface area contributed by atoms with Crippen LogP contribution in [0.3, 0.4) is 0 Å². The SMILES string of the molecule is Cl.Cl.Fc1ncccc1[C@H](CC1CC1)N1CCNCC1. The highest BCUT2D eigenvalue weighted by molar-refractivity contribution is 5.85. The van der Waals surface area contributed by atoms with E-state index in [-0.39, 0.29) is 36.8 Å². The minimum absolute atomic E-state index is 0. The molecule has 0 radical (unpaired) electrons. The molecule has 1 aliphatic carbocycles. The lowest BCUT2D eigenvalue weighted by Crippen LogP contribution is -2.45. The molecule has 0 amide bonds. The summed E-state index contributed by atoms with van der Waals surface area (Å²) in [6.07, 6.45) is 5.24. The second-order valence-corrected chi connectivity index (χ2v) is 5.36. The van der Waals surface area contributed by atoms with Gasteiger partial charge in [-0.25, -0.2) is 4.98 Å². The molecule has 0 unspecified atom stereocenters. The molecule has 1 aromatic rings. The van der Waals surface area contributed by atoms with Gasteiger partial charge in [-0.3, -0.25) is 4.90 Å². The minimum Gasteiger partial charge on any atom is -0.314 e. The highest BCUT2D eigenvalue weighted by Gasteiger charge is 2.31. The van der Waals surface area contributed by atoms with E-state index in [9.17, 15) is 4.39 Å². The molecule has 1 saturated heterocycles. The van der Waals surface area contributed by atoms with Crippen molar-refractivity contribution in [1.82, 2.24) is 15.2 Å². The molecule has 1 aliphatic heterocycles. The summed E-state index contributed by atoms with van der Waals surface area (Å²) in [5, 5.41) is 3.35. The van der Waals surface area contributed by atoms with Crippen LogP contribution in [0, 0.1) is 11.9 Å². The van der Waals surface area contributed by atoms with Gasteiger partial charge in [-0.2, -0.15) is 4.39 Å². The third-order valence-electron chi connectivity index (χ3n) is 3.99. The van der Waals surface area contributed by atoms with E-state index in [4.69, 9.17) is 0 Å². The zero-order chi connectivity index (χ0) is 12.4. The first kappa shape index (κ1) is 17.6. The smallest absolute Gasteiger partial charge is 0.217 e. The maximum absolute atomic E-state index is 13.9. The maximum atomic E-state index is 13.9. The molecule has 20 heavy (non-hydrogen) atoms. The molecule has 1 aromatic heterocycles. The van der Waals surface area contributed by atoms with Crippen LogP contribution in [0.5, 0.6) is 0 Å². The van der Waals surface area contributed by atoms with Crippen molar-refractivity contribution < 1.29 is 4.39 Å². The molecule has 2 aliphatic rings. The van der Waals surface area contributed by atoms with Crippen molar-refractivity contribution in [2.45, 2.75) is 25.3 Å². The molecule has 114 valence electrons. The fourth-order valence-electron chi connectivity index (χ4n) is 2.78. The van der Waals surface area contributed by atoms with E-state index in [0.29, 0.717) is 0 Å². The number of piperazine rings is 1. The molecule has 0 bridgehead atoms. The van der Waals surface area contributed by atoms with Crippen LogP contribution in [0.2, 0.25) is 0 Å². The first-order valence-corrected chi connectivity index (χ1v) is 6.90. The molecule has 3 rings (SSSR count). The van der Waals surface area contributed by atoms with Gasteiger partial charge in [-0.05, 0) is 18.4 Å². The maximum Gasteiger partial charge on any atom is 0.217 e. The molecule has 0 aromatic carbocycles. The van der Waals surface area contributed by atoms with Crippen LogP contribution in [0.1, 0.15) is 30.9 Å². The normalized spacial score (nSPS) is 20.6. The topological polar surface area (TPSA) is 28.2 Å². The van der Waals surface area contributed by atoms with Crippen molar-refractivity contribution in [3.8, 4) is 0 Å². The Morgan fingerprint density at radius 1 is 1.30 bits per heavy atom. The number of aromatic nitrogens is 1. The summed E-state index contributed by atoms with van der Waals surface area (Å²) in [6, 6.07) is 3.96. The zero-order valence-electron chi connectivity index (χ0n) is 11.4. The number of rotatable bonds is 4. The van der Waals surface area contributed by atoms with Crippen LogP contribution in [0.4, 0.5) is 4.39 Å². The van der Waals surface area contributed by atoms with E-state index < -0.39 is 0 Å². The van der Waals surface area contributed by atoms with Crippen LogP contribution < -0.4 is 5.32 Å². The van der Waals surface area contributed by atoms with Crippen molar-refractivity contribution in [3.05, 3.63) is 29.8 Å². The van der Waals surface area contributed by atoms with Crippen molar-refractivity contribution in [3.63, 3.8) is 0 Å². The summed E-state index contributed by atoms with van der Waals surface area (Å²) in [7, 11) is 0. The molecule has 1 atom stereocenters. The lowest BCUT2D eigenvalue weighted by molar-refractivity contribution is 0.156. The largest absolute Gasteiger partial charge is 0.314 e. The number of hydrogen-bond acceptors (Lipinski definition) is 3. The quantitative estimate of drug-likeness (QED) is 0.864. The Morgan fingerprint density at radius 2 is 2.00 bits per heavy atom. The predicted molar refractivity (Wildman–Crippen MR) is 83.2 cm³/mol. The summed E-state index contributed by atoms with van der Waals surface area (Å²) in [6.45, 7) is 4.02. The van der Waals surface area contributed by atoms with Gasteiger partial charge < -0.3 is 5.32 Å². The number of pyridine rings is 1. The van der Waals surface area contributed by atoms with E-state index in [1.165, 1.54) is 19.0 Å². The molecule has 3 nitrogen and oxygen atoms in total. The molecule has 2 fully saturated rings. The fraction of sp³-hybridized carbons (Fsp3) is 0.643. The Balaban J connectivity index is 0.000001000. The van der Waals surface area contributed by atoms with Crippen molar-refractivity contribution in [2.75, 3.05) is 26.2 Å². The van der Waals surface area contributed by atoms with E-state index >= 15 is 0 Å². The lowest BCUT2D eigenvalue weighted by Gasteiger charge is -2.35. The highest BCUT2D eigenvalue weighted by Crippen LogP contribution is 2.40. The van der Waals surface area contributed by atoms with Gasteiger partial charge in [-0.15, -0.1) is 24.8 Å². The monoisotopic (exact) mass is 321 g/mol. The summed E-state index contributed by atoms with van der Waals surface area (Å²) >= 11 is 0. The van der Waals surface area contributed by atoms with Gasteiger partial charge in [0.2, 0.25) is 5.95 Å². The van der Waals surface area contributed by atoms with Crippen LogP contribution in [-0.2, 0) is 0 Å². The Bertz CT molecular complexity index is 409. The first-order valence-electron chi connectivity index (χ1n) is 6.90. The van der Waals surface area contributed by atoms with Crippen molar-refractivity contribution >= 4 is 24.8 Å². The van der Waals surface area contributed by atoms with Gasteiger partial charge in [-0.1, -0.05) is 18.9 Å². The predicted octanol–water partition coefficient (Wildman–Crippen LogP) is 2.81. The average molecular weight is 322 g/mol. The van der Waals surface area contributed by atoms with Crippen LogP contribution in [0.15, 0.2) is 18.3 Å². The van der Waals surface area contributed by atoms with Crippen LogP contribution in [0.25, 0.3) is 0 Å². The lowest BCUT2D eigenvalue weighted by atomic mass is 10.00. The summed E-state index contributed by atoms with van der Waals surface area (Å²) < 4.78 is 13.9. The molecule has 1 N–H and O–H groups in total. The third-order valence-corrected chi connectivity index (χ3v) is 3.99. The molecular formula is C14H22Cl2FN3. The molecular weight excluding hydrogens is 300 g/mol. The molecule has 1 saturated carbocycles. The van der Waals surface area contributed by atoms with Gasteiger partial charge in [0, 0.05) is 44.0 Å². The van der Waals surface area contributed by atoms with Crippen LogP contribution in [-0.4, -0.2) is 36.1 Å². The molecule has 2 heterocycles. The van der Waals surface area contributed by atoms with Gasteiger partial charge in [0.1, 0.15) is 0 Å². The Morgan fingerprint density at radius 3 is 2.60 bits per heavy atom. The zero-order valence-corrected chi connectivity index (χ0v) is 13.1. The van der Waals surface area contributed by atoms with Gasteiger partial charge in [0.05, 0.1) is 0 Å². The first-order chi connectivity index (χ1) is 8.84. The molecule has 0 spiro atoms. The third kappa shape index (κ3) is 4.29. The summed E-state index contributed by atoms with van der Waals surface area (Å²) in [5.41, 5.74) is 0.784.